The topological polar surface area (TPSA) is 39.2 Å². The highest BCUT2D eigenvalue weighted by molar-refractivity contribution is 6.30. The molecule has 0 fully saturated rings. The van der Waals surface area contributed by atoms with Crippen molar-refractivity contribution < 1.29 is 4.42 Å². The maximum atomic E-state index is 5.97. The fraction of sp³-hybridized carbons (Fsp3) is 0.231. The van der Waals surface area contributed by atoms with Crippen molar-refractivity contribution in [2.45, 2.75) is 12.3 Å². The summed E-state index contributed by atoms with van der Waals surface area (Å²) in [6, 6.07) is 9.82. The normalized spacial score (nSPS) is 12.6. The molecule has 3 heteroatoms. The van der Waals surface area contributed by atoms with Gasteiger partial charge in [0, 0.05) is 10.9 Å². The summed E-state index contributed by atoms with van der Waals surface area (Å²) in [7, 11) is 0. The van der Waals surface area contributed by atoms with Gasteiger partial charge >= 0.3 is 0 Å². The molecule has 1 aromatic carbocycles. The average molecular weight is 236 g/mol. The number of benzene rings is 1. The van der Waals surface area contributed by atoms with Gasteiger partial charge in [0.05, 0.1) is 12.5 Å². The van der Waals surface area contributed by atoms with Crippen molar-refractivity contribution in [3.8, 4) is 0 Å². The van der Waals surface area contributed by atoms with Gasteiger partial charge in [-0.05, 0) is 42.3 Å². The summed E-state index contributed by atoms with van der Waals surface area (Å²) in [6.07, 6.45) is 4.32. The lowest BCUT2D eigenvalue weighted by Gasteiger charge is -2.14. The minimum Gasteiger partial charge on any atom is -0.472 e. The van der Waals surface area contributed by atoms with Crippen LogP contribution in [0.5, 0.6) is 0 Å². The molecule has 0 aliphatic rings. The van der Waals surface area contributed by atoms with Gasteiger partial charge in [-0.1, -0.05) is 23.7 Å². The van der Waals surface area contributed by atoms with Crippen LogP contribution in [0.3, 0.4) is 0 Å². The van der Waals surface area contributed by atoms with Crippen molar-refractivity contribution in [3.05, 3.63) is 59.0 Å². The highest BCUT2D eigenvalue weighted by atomic mass is 35.5. The zero-order valence-corrected chi connectivity index (χ0v) is 9.65. The molecule has 0 amide bonds. The van der Waals surface area contributed by atoms with Gasteiger partial charge in [-0.25, -0.2) is 0 Å². The molecule has 16 heavy (non-hydrogen) atoms. The maximum absolute atomic E-state index is 5.97. The predicted octanol–water partition coefficient (Wildman–Crippen LogP) is 3.22. The van der Waals surface area contributed by atoms with Crippen LogP contribution in [0.25, 0.3) is 0 Å². The van der Waals surface area contributed by atoms with Crippen molar-refractivity contribution in [3.63, 3.8) is 0 Å². The van der Waals surface area contributed by atoms with E-state index in [0.717, 1.165) is 17.0 Å². The lowest BCUT2D eigenvalue weighted by molar-refractivity contribution is 0.561. The second-order valence-electron chi connectivity index (χ2n) is 3.82. The van der Waals surface area contributed by atoms with Crippen LogP contribution in [-0.4, -0.2) is 6.54 Å². The van der Waals surface area contributed by atoms with Crippen LogP contribution in [0.4, 0.5) is 0 Å². The third-order valence-corrected chi connectivity index (χ3v) is 2.90. The molecule has 1 heterocycles. The molecule has 2 rings (SSSR count). The van der Waals surface area contributed by atoms with Crippen molar-refractivity contribution in [1.82, 2.24) is 0 Å². The molecule has 0 radical (unpaired) electrons. The van der Waals surface area contributed by atoms with Crippen molar-refractivity contribution in [2.24, 2.45) is 5.73 Å². The van der Waals surface area contributed by atoms with Crippen LogP contribution >= 0.6 is 11.6 Å². The molecule has 0 aliphatic carbocycles. The predicted molar refractivity (Wildman–Crippen MR) is 65.7 cm³/mol. The minimum absolute atomic E-state index is 0.288. The summed E-state index contributed by atoms with van der Waals surface area (Å²) in [5.41, 5.74) is 8.14. The molecule has 0 saturated heterocycles. The van der Waals surface area contributed by atoms with Gasteiger partial charge < -0.3 is 10.2 Å². The Labute approximate surface area is 100 Å². The zero-order valence-electron chi connectivity index (χ0n) is 8.90. The molecular weight excluding hydrogens is 222 g/mol. The average Bonchev–Trinajstić information content (AvgIpc) is 2.78. The molecule has 1 aromatic heterocycles. The van der Waals surface area contributed by atoms with Gasteiger partial charge in [0.2, 0.25) is 0 Å². The summed E-state index contributed by atoms with van der Waals surface area (Å²) in [4.78, 5) is 0. The van der Waals surface area contributed by atoms with E-state index in [0.29, 0.717) is 6.54 Å². The first-order valence-corrected chi connectivity index (χ1v) is 5.64. The Kier molecular flexibility index (Phi) is 3.65. The molecule has 0 aliphatic heterocycles. The molecule has 0 bridgehead atoms. The smallest absolute Gasteiger partial charge is 0.0934 e. The fourth-order valence-electron chi connectivity index (χ4n) is 1.79. The third kappa shape index (κ3) is 2.65. The Morgan fingerprint density at radius 2 is 2.19 bits per heavy atom. The third-order valence-electron chi connectivity index (χ3n) is 2.67. The molecule has 1 unspecified atom stereocenters. The Bertz CT molecular complexity index is 439. The Hall–Kier alpha value is -1.25. The molecule has 2 nitrogen and oxygen atoms in total. The highest BCUT2D eigenvalue weighted by Crippen LogP contribution is 2.22. The van der Waals surface area contributed by atoms with E-state index in [9.17, 15) is 0 Å². The van der Waals surface area contributed by atoms with Gasteiger partial charge in [0.15, 0.2) is 0 Å². The van der Waals surface area contributed by atoms with E-state index in [4.69, 9.17) is 21.8 Å². The van der Waals surface area contributed by atoms with E-state index in [1.54, 1.807) is 12.5 Å². The largest absolute Gasteiger partial charge is 0.472 e. The van der Waals surface area contributed by atoms with Gasteiger partial charge in [0.25, 0.3) is 0 Å². The van der Waals surface area contributed by atoms with Crippen molar-refractivity contribution in [1.29, 1.82) is 0 Å². The second kappa shape index (κ2) is 5.19. The van der Waals surface area contributed by atoms with Crippen LogP contribution in [0.15, 0.2) is 47.3 Å². The summed E-state index contributed by atoms with van der Waals surface area (Å²) in [5.74, 6) is 0.288. The number of hydrogen-bond acceptors (Lipinski definition) is 2. The van der Waals surface area contributed by atoms with Crippen molar-refractivity contribution in [2.75, 3.05) is 6.54 Å². The van der Waals surface area contributed by atoms with Gasteiger partial charge in [-0.15, -0.1) is 0 Å². The van der Waals surface area contributed by atoms with Crippen molar-refractivity contribution >= 4 is 11.6 Å². The molecule has 0 saturated carbocycles. The van der Waals surface area contributed by atoms with E-state index in [1.807, 2.05) is 24.3 Å². The number of rotatable bonds is 4. The van der Waals surface area contributed by atoms with Gasteiger partial charge in [0.1, 0.15) is 0 Å². The molecule has 2 N–H and O–H groups in total. The van der Waals surface area contributed by atoms with E-state index >= 15 is 0 Å². The lowest BCUT2D eigenvalue weighted by atomic mass is 9.93. The Morgan fingerprint density at radius 3 is 2.81 bits per heavy atom. The van der Waals surface area contributed by atoms with Crippen LogP contribution in [0.2, 0.25) is 5.02 Å². The first-order chi connectivity index (χ1) is 7.79. The van der Waals surface area contributed by atoms with Gasteiger partial charge in [-0.3, -0.25) is 0 Å². The van der Waals surface area contributed by atoms with Crippen LogP contribution in [0.1, 0.15) is 17.0 Å². The van der Waals surface area contributed by atoms with E-state index in [1.165, 1.54) is 5.56 Å². The Morgan fingerprint density at radius 1 is 1.31 bits per heavy atom. The molecule has 1 atom stereocenters. The summed E-state index contributed by atoms with van der Waals surface area (Å²) >= 11 is 5.97. The summed E-state index contributed by atoms with van der Waals surface area (Å²) in [5, 5.41) is 0.753. The van der Waals surface area contributed by atoms with Crippen LogP contribution in [-0.2, 0) is 6.42 Å². The number of furan rings is 1. The Balaban J connectivity index is 2.16. The molecule has 0 spiro atoms. The first-order valence-electron chi connectivity index (χ1n) is 5.26. The molecule has 2 aromatic rings. The quantitative estimate of drug-likeness (QED) is 0.884. The lowest BCUT2D eigenvalue weighted by Crippen LogP contribution is -2.14. The van der Waals surface area contributed by atoms with Crippen LogP contribution in [0, 0.1) is 0 Å². The zero-order chi connectivity index (χ0) is 11.4. The second-order valence-corrected chi connectivity index (χ2v) is 4.26. The number of hydrogen-bond donors (Lipinski definition) is 1. The molecular formula is C13H14ClNO. The van der Waals surface area contributed by atoms with E-state index < -0.39 is 0 Å². The first kappa shape index (κ1) is 11.2. The highest BCUT2D eigenvalue weighted by Gasteiger charge is 2.11. The van der Waals surface area contributed by atoms with E-state index in [2.05, 4.69) is 6.07 Å². The SMILES string of the molecule is NCC(Cc1ccoc1)c1cccc(Cl)c1. The standard InChI is InChI=1S/C13H14ClNO/c14-13-3-1-2-11(7-13)12(8-15)6-10-4-5-16-9-10/h1-5,7,9,12H,6,8,15H2. The number of nitrogens with two attached hydrogens (primary N) is 1. The summed E-state index contributed by atoms with van der Waals surface area (Å²) < 4.78 is 5.05. The monoisotopic (exact) mass is 235 g/mol. The number of halogens is 1. The van der Waals surface area contributed by atoms with Crippen LogP contribution < -0.4 is 5.73 Å². The molecule has 84 valence electrons. The minimum atomic E-state index is 0.288. The van der Waals surface area contributed by atoms with Gasteiger partial charge in [-0.2, -0.15) is 0 Å². The fourth-order valence-corrected chi connectivity index (χ4v) is 1.99. The summed E-state index contributed by atoms with van der Waals surface area (Å²) in [6.45, 7) is 0.603. The van der Waals surface area contributed by atoms with E-state index in [-0.39, 0.29) is 5.92 Å². The maximum Gasteiger partial charge on any atom is 0.0934 e.